The van der Waals surface area contributed by atoms with Gasteiger partial charge >= 0.3 is 0 Å². The van der Waals surface area contributed by atoms with Crippen LogP contribution in [0.1, 0.15) is 12.0 Å². The molecule has 3 nitrogen and oxygen atoms in total. The van der Waals surface area contributed by atoms with Crippen LogP contribution in [0.3, 0.4) is 0 Å². The summed E-state index contributed by atoms with van der Waals surface area (Å²) in [6.07, 6.45) is 0.435. The lowest BCUT2D eigenvalue weighted by Gasteiger charge is -2.08. The first-order valence-electron chi connectivity index (χ1n) is 6.49. The molecule has 104 valence electrons. The predicted molar refractivity (Wildman–Crippen MR) is 87.1 cm³/mol. The van der Waals surface area contributed by atoms with Crippen molar-refractivity contribution in [1.29, 1.82) is 0 Å². The van der Waals surface area contributed by atoms with Crippen molar-refractivity contribution < 1.29 is 4.79 Å². The number of anilines is 2. The molecule has 0 spiro atoms. The van der Waals surface area contributed by atoms with Gasteiger partial charge in [0.05, 0.1) is 0 Å². The molecule has 0 saturated heterocycles. The number of hydrogen-bond acceptors (Lipinski definition) is 2. The molecule has 2 N–H and O–H groups in total. The first-order valence-corrected chi connectivity index (χ1v) is 7.29. The summed E-state index contributed by atoms with van der Waals surface area (Å²) in [4.78, 5) is 11.8. The highest BCUT2D eigenvalue weighted by atomic mass is 79.9. The van der Waals surface area contributed by atoms with E-state index >= 15 is 0 Å². The van der Waals surface area contributed by atoms with Crippen LogP contribution in [0.4, 0.5) is 11.4 Å². The summed E-state index contributed by atoms with van der Waals surface area (Å²) in [5.41, 5.74) is 2.99. The van der Waals surface area contributed by atoms with Crippen LogP contribution in [-0.4, -0.2) is 12.5 Å². The quantitative estimate of drug-likeness (QED) is 0.861. The summed E-state index contributed by atoms with van der Waals surface area (Å²) in [5, 5.41) is 6.11. The molecular weight excluding hydrogens is 316 g/mol. The molecule has 2 aromatic carbocycles. The molecule has 0 bridgehead atoms. The van der Waals surface area contributed by atoms with Gasteiger partial charge in [0.25, 0.3) is 0 Å². The van der Waals surface area contributed by atoms with E-state index in [9.17, 15) is 4.79 Å². The van der Waals surface area contributed by atoms with Gasteiger partial charge in [-0.05, 0) is 48.9 Å². The van der Waals surface area contributed by atoms with E-state index in [1.807, 2.05) is 55.5 Å². The Kier molecular flexibility index (Phi) is 5.18. The van der Waals surface area contributed by atoms with Crippen molar-refractivity contribution in [3.63, 3.8) is 0 Å². The second-order valence-electron chi connectivity index (χ2n) is 4.60. The van der Waals surface area contributed by atoms with Gasteiger partial charge in [-0.25, -0.2) is 0 Å². The minimum absolute atomic E-state index is 0.0141. The van der Waals surface area contributed by atoms with Crippen molar-refractivity contribution >= 4 is 33.2 Å². The molecule has 0 saturated carbocycles. The maximum Gasteiger partial charge on any atom is 0.226 e. The van der Waals surface area contributed by atoms with Crippen LogP contribution in [-0.2, 0) is 4.79 Å². The van der Waals surface area contributed by atoms with Crippen molar-refractivity contribution in [3.8, 4) is 0 Å². The molecule has 0 heterocycles. The zero-order valence-corrected chi connectivity index (χ0v) is 12.9. The van der Waals surface area contributed by atoms with E-state index in [2.05, 4.69) is 26.6 Å². The fraction of sp³-hybridized carbons (Fsp3) is 0.188. The molecule has 0 aromatic heterocycles. The van der Waals surface area contributed by atoms with Crippen LogP contribution < -0.4 is 10.6 Å². The lowest BCUT2D eigenvalue weighted by atomic mass is 10.2. The average Bonchev–Trinajstić information content (AvgIpc) is 2.41. The van der Waals surface area contributed by atoms with Gasteiger partial charge in [0.2, 0.25) is 5.91 Å². The number of carbonyl (C=O) groups excluding carboxylic acids is 1. The van der Waals surface area contributed by atoms with Crippen molar-refractivity contribution in [2.75, 3.05) is 17.2 Å². The molecular formula is C16H17BrN2O. The van der Waals surface area contributed by atoms with Gasteiger partial charge < -0.3 is 10.6 Å². The molecule has 0 unspecified atom stereocenters. The first kappa shape index (κ1) is 14.6. The number of aryl methyl sites for hydroxylation is 1. The van der Waals surface area contributed by atoms with Gasteiger partial charge in [0.15, 0.2) is 0 Å². The fourth-order valence-electron chi connectivity index (χ4n) is 1.83. The predicted octanol–water partition coefficient (Wildman–Crippen LogP) is 4.20. The molecule has 0 fully saturated rings. The molecule has 0 atom stereocenters. The Morgan fingerprint density at radius 2 is 1.85 bits per heavy atom. The Labute approximate surface area is 127 Å². The zero-order chi connectivity index (χ0) is 14.4. The molecule has 20 heavy (non-hydrogen) atoms. The number of hydrogen-bond donors (Lipinski definition) is 2. The molecule has 2 aromatic rings. The maximum absolute atomic E-state index is 11.8. The van der Waals surface area contributed by atoms with Gasteiger partial charge in [0, 0.05) is 28.8 Å². The summed E-state index contributed by atoms with van der Waals surface area (Å²) in [7, 11) is 0. The summed E-state index contributed by atoms with van der Waals surface area (Å²) in [6.45, 7) is 2.62. The van der Waals surface area contributed by atoms with Crippen molar-refractivity contribution in [3.05, 3.63) is 58.6 Å². The van der Waals surface area contributed by atoms with Gasteiger partial charge in [0.1, 0.15) is 0 Å². The largest absolute Gasteiger partial charge is 0.385 e. The third-order valence-electron chi connectivity index (χ3n) is 2.83. The van der Waals surface area contributed by atoms with Crippen LogP contribution in [0.5, 0.6) is 0 Å². The number of carbonyl (C=O) groups is 1. The summed E-state index contributed by atoms with van der Waals surface area (Å²) in [5.74, 6) is 0.0141. The normalized spacial score (nSPS) is 10.1. The lowest BCUT2D eigenvalue weighted by molar-refractivity contribution is -0.115. The number of amides is 1. The maximum atomic E-state index is 11.8. The third-order valence-corrected chi connectivity index (χ3v) is 3.36. The van der Waals surface area contributed by atoms with Gasteiger partial charge in [-0.1, -0.05) is 28.1 Å². The van der Waals surface area contributed by atoms with E-state index in [0.717, 1.165) is 21.4 Å². The second-order valence-corrected chi connectivity index (χ2v) is 5.52. The minimum atomic E-state index is 0.0141. The molecule has 0 aliphatic carbocycles. The van der Waals surface area contributed by atoms with E-state index in [1.165, 1.54) is 0 Å². The molecule has 0 aliphatic rings. The van der Waals surface area contributed by atoms with E-state index in [4.69, 9.17) is 0 Å². The second kappa shape index (κ2) is 7.10. The third kappa shape index (κ3) is 4.70. The number of halogens is 1. The number of nitrogens with one attached hydrogen (secondary N) is 2. The highest BCUT2D eigenvalue weighted by Crippen LogP contribution is 2.14. The monoisotopic (exact) mass is 332 g/mol. The summed E-state index contributed by atoms with van der Waals surface area (Å²) in [6, 6.07) is 15.7. The first-order chi connectivity index (χ1) is 9.63. The topological polar surface area (TPSA) is 41.1 Å². The van der Waals surface area contributed by atoms with Gasteiger partial charge in [-0.15, -0.1) is 0 Å². The van der Waals surface area contributed by atoms with Crippen molar-refractivity contribution in [1.82, 2.24) is 0 Å². The van der Waals surface area contributed by atoms with Crippen LogP contribution in [0, 0.1) is 6.92 Å². The number of benzene rings is 2. The van der Waals surface area contributed by atoms with Gasteiger partial charge in [-0.2, -0.15) is 0 Å². The fourth-order valence-corrected chi connectivity index (χ4v) is 2.10. The molecule has 4 heteroatoms. The van der Waals surface area contributed by atoms with E-state index in [1.54, 1.807) is 0 Å². The minimum Gasteiger partial charge on any atom is -0.385 e. The Bertz CT molecular complexity index is 581. The summed E-state index contributed by atoms with van der Waals surface area (Å²) < 4.78 is 1.04. The highest BCUT2D eigenvalue weighted by molar-refractivity contribution is 9.10. The molecule has 1 amide bonds. The lowest BCUT2D eigenvalue weighted by Crippen LogP contribution is -2.16. The van der Waals surface area contributed by atoms with E-state index in [-0.39, 0.29) is 5.91 Å². The summed E-state index contributed by atoms with van der Waals surface area (Å²) >= 11 is 3.39. The van der Waals surface area contributed by atoms with Gasteiger partial charge in [-0.3, -0.25) is 4.79 Å². The van der Waals surface area contributed by atoms with Crippen molar-refractivity contribution in [2.24, 2.45) is 0 Å². The SMILES string of the molecule is Cc1cccc(NC(=O)CCNc2ccc(Br)cc2)c1. The average molecular weight is 333 g/mol. The molecule has 0 radical (unpaired) electrons. The Hall–Kier alpha value is -1.81. The van der Waals surface area contributed by atoms with E-state index < -0.39 is 0 Å². The standard InChI is InChI=1S/C16H17BrN2O/c1-12-3-2-4-15(11-12)19-16(20)9-10-18-14-7-5-13(17)6-8-14/h2-8,11,18H,9-10H2,1H3,(H,19,20). The Morgan fingerprint density at radius 3 is 2.55 bits per heavy atom. The van der Waals surface area contributed by atoms with Crippen LogP contribution in [0.25, 0.3) is 0 Å². The molecule has 2 rings (SSSR count). The zero-order valence-electron chi connectivity index (χ0n) is 11.3. The van der Waals surface area contributed by atoms with Crippen LogP contribution in [0.15, 0.2) is 53.0 Å². The number of rotatable bonds is 5. The Balaban J connectivity index is 1.76. The van der Waals surface area contributed by atoms with Crippen LogP contribution >= 0.6 is 15.9 Å². The van der Waals surface area contributed by atoms with Crippen molar-refractivity contribution in [2.45, 2.75) is 13.3 Å². The van der Waals surface area contributed by atoms with E-state index in [0.29, 0.717) is 13.0 Å². The highest BCUT2D eigenvalue weighted by Gasteiger charge is 2.02. The smallest absolute Gasteiger partial charge is 0.226 e. The molecule has 0 aliphatic heterocycles. The van der Waals surface area contributed by atoms with Crippen LogP contribution in [0.2, 0.25) is 0 Å². The Morgan fingerprint density at radius 1 is 1.10 bits per heavy atom.